The highest BCUT2D eigenvalue weighted by Crippen LogP contribution is 2.28. The molecule has 1 aliphatic heterocycles. The van der Waals surface area contributed by atoms with Crippen molar-refractivity contribution in [1.29, 1.82) is 0 Å². The molecule has 7 heteroatoms. The Balaban J connectivity index is 1.29. The minimum atomic E-state index is 0.733. The first-order chi connectivity index (χ1) is 15.5. The molecule has 7 nitrogen and oxygen atoms in total. The minimum Gasteiger partial charge on any atom is -0.353 e. The van der Waals surface area contributed by atoms with Crippen LogP contribution in [0.5, 0.6) is 0 Å². The molecule has 1 saturated heterocycles. The van der Waals surface area contributed by atoms with Gasteiger partial charge in [-0.15, -0.1) is 0 Å². The highest BCUT2D eigenvalue weighted by atomic mass is 15.2. The van der Waals surface area contributed by atoms with E-state index in [0.29, 0.717) is 0 Å². The Labute approximate surface area is 188 Å². The Bertz CT molecular complexity index is 1230. The Kier molecular flexibility index (Phi) is 5.49. The van der Waals surface area contributed by atoms with Gasteiger partial charge in [0.25, 0.3) is 0 Å². The first kappa shape index (κ1) is 20.5. The standard InChI is InChI=1S/C25H29N7/c1-17(28-22-6-5-21(26-15-22)12-18-8-10-31(2)11-9-18)25-23-13-19(4-7-24(23)29-30-25)20-14-27-32(3)16-20/h4-7,13-16,18,28H,1,8-12H2,2-3H3,(H,29,30). The number of piperidine rings is 1. The van der Waals surface area contributed by atoms with Gasteiger partial charge in [0.15, 0.2) is 0 Å². The van der Waals surface area contributed by atoms with Gasteiger partial charge >= 0.3 is 0 Å². The molecule has 0 bridgehead atoms. The predicted molar refractivity (Wildman–Crippen MR) is 129 cm³/mol. The molecule has 0 aliphatic carbocycles. The molecule has 4 heterocycles. The Morgan fingerprint density at radius 3 is 2.69 bits per heavy atom. The zero-order valence-corrected chi connectivity index (χ0v) is 18.7. The molecule has 164 valence electrons. The first-order valence-electron chi connectivity index (χ1n) is 11.1. The summed E-state index contributed by atoms with van der Waals surface area (Å²) in [6.07, 6.45) is 9.33. The van der Waals surface area contributed by atoms with Gasteiger partial charge in [0.05, 0.1) is 29.3 Å². The molecule has 1 aromatic carbocycles. The summed E-state index contributed by atoms with van der Waals surface area (Å²) in [4.78, 5) is 7.09. The van der Waals surface area contributed by atoms with Crippen LogP contribution in [-0.2, 0) is 13.5 Å². The molecule has 0 spiro atoms. The maximum atomic E-state index is 4.69. The van der Waals surface area contributed by atoms with Crippen molar-refractivity contribution in [3.8, 4) is 11.1 Å². The van der Waals surface area contributed by atoms with Gasteiger partial charge in [-0.3, -0.25) is 14.8 Å². The molecule has 2 N–H and O–H groups in total. The molecule has 0 unspecified atom stereocenters. The summed E-state index contributed by atoms with van der Waals surface area (Å²) in [5, 5.41) is 16.3. The number of nitrogens with zero attached hydrogens (tertiary/aromatic N) is 5. The summed E-state index contributed by atoms with van der Waals surface area (Å²) < 4.78 is 1.81. The second-order valence-corrected chi connectivity index (χ2v) is 8.83. The lowest BCUT2D eigenvalue weighted by molar-refractivity contribution is 0.218. The highest BCUT2D eigenvalue weighted by molar-refractivity contribution is 5.94. The van der Waals surface area contributed by atoms with Crippen LogP contribution < -0.4 is 5.32 Å². The highest BCUT2D eigenvalue weighted by Gasteiger charge is 2.17. The van der Waals surface area contributed by atoms with Gasteiger partial charge in [-0.1, -0.05) is 12.6 Å². The van der Waals surface area contributed by atoms with Crippen molar-refractivity contribution in [3.63, 3.8) is 0 Å². The number of hydrogen-bond donors (Lipinski definition) is 2. The third kappa shape index (κ3) is 4.29. The average Bonchev–Trinajstić information content (AvgIpc) is 3.42. The van der Waals surface area contributed by atoms with Gasteiger partial charge in [0.2, 0.25) is 0 Å². The number of anilines is 1. The number of H-pyrrole nitrogens is 1. The quantitative estimate of drug-likeness (QED) is 0.479. The van der Waals surface area contributed by atoms with Crippen molar-refractivity contribution in [2.24, 2.45) is 13.0 Å². The predicted octanol–water partition coefficient (Wildman–Crippen LogP) is 4.33. The number of fused-ring (bicyclic) bond motifs is 1. The topological polar surface area (TPSA) is 74.7 Å². The number of aryl methyl sites for hydroxylation is 1. The average molecular weight is 428 g/mol. The fourth-order valence-electron chi connectivity index (χ4n) is 4.41. The second kappa shape index (κ2) is 8.59. The SMILES string of the molecule is C=C(Nc1ccc(CC2CCN(C)CC2)nc1)c1n[nH]c2ccc(-c3cnn(C)c3)cc12. The largest absolute Gasteiger partial charge is 0.353 e. The van der Waals surface area contributed by atoms with Gasteiger partial charge < -0.3 is 10.2 Å². The molecule has 0 atom stereocenters. The fraction of sp³-hybridized carbons (Fsp3) is 0.320. The first-order valence-corrected chi connectivity index (χ1v) is 11.1. The van der Waals surface area contributed by atoms with E-state index >= 15 is 0 Å². The van der Waals surface area contributed by atoms with E-state index in [-0.39, 0.29) is 0 Å². The molecule has 0 radical (unpaired) electrons. The maximum absolute atomic E-state index is 4.69. The molecule has 0 saturated carbocycles. The van der Waals surface area contributed by atoms with E-state index in [1.165, 1.54) is 25.9 Å². The van der Waals surface area contributed by atoms with Gasteiger partial charge in [-0.25, -0.2) is 0 Å². The Morgan fingerprint density at radius 1 is 1.12 bits per heavy atom. The lowest BCUT2D eigenvalue weighted by atomic mass is 9.92. The molecular formula is C25H29N7. The zero-order valence-electron chi connectivity index (χ0n) is 18.7. The van der Waals surface area contributed by atoms with E-state index in [9.17, 15) is 0 Å². The lowest BCUT2D eigenvalue weighted by Gasteiger charge is -2.28. The number of benzene rings is 1. The van der Waals surface area contributed by atoms with Crippen molar-refractivity contribution in [1.82, 2.24) is 29.9 Å². The molecule has 4 aromatic rings. The van der Waals surface area contributed by atoms with Gasteiger partial charge in [0.1, 0.15) is 5.69 Å². The molecular weight excluding hydrogens is 398 g/mol. The number of aromatic nitrogens is 5. The number of hydrogen-bond acceptors (Lipinski definition) is 5. The van der Waals surface area contributed by atoms with E-state index in [4.69, 9.17) is 0 Å². The van der Waals surface area contributed by atoms with Crippen molar-refractivity contribution in [2.45, 2.75) is 19.3 Å². The van der Waals surface area contributed by atoms with Crippen molar-refractivity contribution in [2.75, 3.05) is 25.5 Å². The number of pyridine rings is 1. The van der Waals surface area contributed by atoms with Crippen LogP contribution in [-0.4, -0.2) is 50.0 Å². The molecule has 1 fully saturated rings. The van der Waals surface area contributed by atoms with E-state index in [0.717, 1.165) is 57.1 Å². The third-order valence-electron chi connectivity index (χ3n) is 6.34. The summed E-state index contributed by atoms with van der Waals surface area (Å²) in [7, 11) is 4.12. The molecule has 1 aliphatic rings. The maximum Gasteiger partial charge on any atom is 0.116 e. The monoisotopic (exact) mass is 427 g/mol. The van der Waals surface area contributed by atoms with Crippen LogP contribution in [0.15, 0.2) is 55.5 Å². The van der Waals surface area contributed by atoms with Crippen LogP contribution in [0, 0.1) is 5.92 Å². The third-order valence-corrected chi connectivity index (χ3v) is 6.34. The van der Waals surface area contributed by atoms with Crippen LogP contribution in [0.3, 0.4) is 0 Å². The zero-order chi connectivity index (χ0) is 22.1. The van der Waals surface area contributed by atoms with E-state index in [1.807, 2.05) is 31.7 Å². The summed E-state index contributed by atoms with van der Waals surface area (Å²) in [6, 6.07) is 10.4. The van der Waals surface area contributed by atoms with Crippen molar-refractivity contribution in [3.05, 3.63) is 66.9 Å². The molecule has 32 heavy (non-hydrogen) atoms. The van der Waals surface area contributed by atoms with Crippen molar-refractivity contribution < 1.29 is 0 Å². The van der Waals surface area contributed by atoms with E-state index in [2.05, 4.69) is 68.4 Å². The number of rotatable bonds is 6. The summed E-state index contributed by atoms with van der Waals surface area (Å²) >= 11 is 0. The molecule has 5 rings (SSSR count). The van der Waals surface area contributed by atoms with Crippen molar-refractivity contribution >= 4 is 22.3 Å². The van der Waals surface area contributed by atoms with Gasteiger partial charge in [0, 0.05) is 29.9 Å². The Morgan fingerprint density at radius 2 is 1.97 bits per heavy atom. The normalized spacial score (nSPS) is 15.3. The van der Waals surface area contributed by atoms with Crippen LogP contribution in [0.2, 0.25) is 0 Å². The van der Waals surface area contributed by atoms with E-state index < -0.39 is 0 Å². The minimum absolute atomic E-state index is 0.733. The van der Waals surface area contributed by atoms with E-state index in [1.54, 1.807) is 4.68 Å². The summed E-state index contributed by atoms with van der Waals surface area (Å²) in [5.41, 5.74) is 6.77. The smallest absolute Gasteiger partial charge is 0.116 e. The molecule has 3 aromatic heterocycles. The Hall–Kier alpha value is -3.45. The number of nitrogens with one attached hydrogen (secondary N) is 2. The fourth-order valence-corrected chi connectivity index (χ4v) is 4.41. The summed E-state index contributed by atoms with van der Waals surface area (Å²) in [5.74, 6) is 0.733. The second-order valence-electron chi connectivity index (χ2n) is 8.83. The van der Waals surface area contributed by atoms with Crippen LogP contribution in [0.4, 0.5) is 5.69 Å². The number of likely N-dealkylation sites (tertiary alicyclic amines) is 1. The van der Waals surface area contributed by atoms with Crippen LogP contribution in [0.25, 0.3) is 27.7 Å². The summed E-state index contributed by atoms with van der Waals surface area (Å²) in [6.45, 7) is 6.60. The number of aromatic amines is 1. The van der Waals surface area contributed by atoms with Crippen LogP contribution >= 0.6 is 0 Å². The van der Waals surface area contributed by atoms with Gasteiger partial charge in [-0.05, 0) is 75.1 Å². The molecule has 0 amide bonds. The lowest BCUT2D eigenvalue weighted by Crippen LogP contribution is -2.31. The van der Waals surface area contributed by atoms with Crippen LogP contribution in [0.1, 0.15) is 24.2 Å². The van der Waals surface area contributed by atoms with Gasteiger partial charge in [-0.2, -0.15) is 10.2 Å².